The molecule has 0 spiro atoms. The van der Waals surface area contributed by atoms with Crippen molar-refractivity contribution in [1.29, 1.82) is 0 Å². The Labute approximate surface area is 211 Å². The van der Waals surface area contributed by atoms with Crippen LogP contribution in [0.3, 0.4) is 0 Å². The van der Waals surface area contributed by atoms with Gasteiger partial charge in [0.2, 0.25) is 5.91 Å². The van der Waals surface area contributed by atoms with Gasteiger partial charge in [0.1, 0.15) is 6.54 Å². The number of quaternary nitrogens is 1. The average Bonchev–Trinajstić information content (AvgIpc) is 2.73. The molecule has 0 fully saturated rings. The van der Waals surface area contributed by atoms with Crippen molar-refractivity contribution in [3.63, 3.8) is 0 Å². The summed E-state index contributed by atoms with van der Waals surface area (Å²) in [6, 6.07) is 0. The molecule has 206 valence electrons. The molecule has 0 radical (unpaired) electrons. The van der Waals surface area contributed by atoms with E-state index in [1.54, 1.807) is 0 Å². The molecule has 0 aromatic heterocycles. The van der Waals surface area contributed by atoms with E-state index < -0.39 is 10.2 Å². The lowest BCUT2D eigenvalue weighted by molar-refractivity contribution is -2.00. The molecule has 0 heterocycles. The smallest absolute Gasteiger partial charge is 0.219 e. The van der Waals surface area contributed by atoms with Crippen LogP contribution in [0.25, 0.3) is 0 Å². The fourth-order valence-electron chi connectivity index (χ4n) is 3.86. The Morgan fingerprint density at radius 3 is 1.47 bits per heavy atom. The monoisotopic (exact) mass is 512 g/mol. The zero-order valence-electron chi connectivity index (χ0n) is 22.2. The van der Waals surface area contributed by atoms with Crippen LogP contribution >= 0.6 is 0 Å². The van der Waals surface area contributed by atoms with Gasteiger partial charge in [-0.2, -0.15) is 0 Å². The van der Waals surface area contributed by atoms with Gasteiger partial charge in [0, 0.05) is 19.4 Å². The molecular formula is C25H53ClN2O6. The van der Waals surface area contributed by atoms with Gasteiger partial charge in [-0.05, 0) is 6.42 Å². The third kappa shape index (κ3) is 36.1. The molecule has 0 atom stereocenters. The van der Waals surface area contributed by atoms with Crippen molar-refractivity contribution in [2.75, 3.05) is 40.3 Å². The maximum absolute atomic E-state index is 11.9. The number of nitrogens with zero attached hydrogens (tertiary/aromatic N) is 1. The molecular weight excluding hydrogens is 460 g/mol. The molecule has 2 N–H and O–H groups in total. The standard InChI is InChI=1S/C25H52N2O2.ClHO4/c1-4-5-6-7-8-9-10-11-12-13-14-15-16-17-18-20-25(29)26-21-19-22-27(2,3)23-24-28;2-1(3,4)5/h28H,4-24H2,1-3H3;(H,2,3,4,5). The van der Waals surface area contributed by atoms with E-state index in [-0.39, 0.29) is 12.5 Å². The molecule has 0 aliphatic carbocycles. The number of nitrogens with one attached hydrogen (secondary N) is 1. The molecule has 0 saturated carbocycles. The SMILES string of the molecule is CCCCCCCCCCCCCCCCCC(=O)NCCC[N+](C)(C)CCO.[O-][Cl+3]([O-])([O-])[O-]. The summed E-state index contributed by atoms with van der Waals surface area (Å²) in [7, 11) is -0.707. The molecule has 0 unspecified atom stereocenters. The van der Waals surface area contributed by atoms with Crippen LogP contribution in [0, 0.1) is 10.2 Å². The van der Waals surface area contributed by atoms with E-state index in [1.807, 2.05) is 0 Å². The summed E-state index contributed by atoms with van der Waals surface area (Å²) in [5.41, 5.74) is 0. The predicted octanol–water partition coefficient (Wildman–Crippen LogP) is 1.07. The van der Waals surface area contributed by atoms with Gasteiger partial charge in [-0.1, -0.05) is 96.8 Å². The zero-order valence-corrected chi connectivity index (χ0v) is 22.9. The molecule has 8 nitrogen and oxygen atoms in total. The van der Waals surface area contributed by atoms with Crippen molar-refractivity contribution in [1.82, 2.24) is 5.32 Å². The second-order valence-corrected chi connectivity index (χ2v) is 10.6. The highest BCUT2D eigenvalue weighted by Gasteiger charge is 2.13. The third-order valence-electron chi connectivity index (χ3n) is 5.98. The van der Waals surface area contributed by atoms with E-state index in [2.05, 4.69) is 26.3 Å². The molecule has 0 saturated heterocycles. The molecule has 1 amide bonds. The van der Waals surface area contributed by atoms with E-state index in [4.69, 9.17) is 23.7 Å². The number of carbonyl (C=O) groups is 1. The minimum absolute atomic E-state index is 0.201. The van der Waals surface area contributed by atoms with Crippen LogP contribution in [-0.4, -0.2) is 55.8 Å². The van der Waals surface area contributed by atoms with Gasteiger partial charge in [0.05, 0.1) is 27.2 Å². The average molecular weight is 513 g/mol. The summed E-state index contributed by atoms with van der Waals surface area (Å²) in [4.78, 5) is 11.9. The molecule has 0 bridgehead atoms. The number of hydrogen-bond donors (Lipinski definition) is 2. The van der Waals surface area contributed by atoms with Crippen molar-refractivity contribution in [2.24, 2.45) is 0 Å². The number of carbonyl (C=O) groups excluding carboxylic acids is 1. The molecule has 0 aromatic rings. The van der Waals surface area contributed by atoms with Crippen LogP contribution in [0.15, 0.2) is 0 Å². The summed E-state index contributed by atoms with van der Waals surface area (Å²) in [6.07, 6.45) is 22.0. The van der Waals surface area contributed by atoms with E-state index in [9.17, 15) is 4.79 Å². The Hall–Kier alpha value is -0.480. The van der Waals surface area contributed by atoms with Crippen molar-refractivity contribution in [2.45, 2.75) is 116 Å². The quantitative estimate of drug-likeness (QED) is 0.164. The van der Waals surface area contributed by atoms with Crippen molar-refractivity contribution < 1.29 is 43.3 Å². The van der Waals surface area contributed by atoms with Crippen molar-refractivity contribution in [3.8, 4) is 0 Å². The Balaban J connectivity index is 0. The van der Waals surface area contributed by atoms with Crippen LogP contribution in [0.1, 0.15) is 116 Å². The number of hydrogen-bond acceptors (Lipinski definition) is 6. The lowest BCUT2D eigenvalue weighted by atomic mass is 10.0. The number of rotatable bonds is 22. The molecule has 0 aliphatic heterocycles. The first-order chi connectivity index (χ1) is 16.0. The lowest BCUT2D eigenvalue weighted by Gasteiger charge is -2.28. The maximum atomic E-state index is 11.9. The van der Waals surface area contributed by atoms with Crippen LogP contribution in [0.4, 0.5) is 0 Å². The molecule has 0 aliphatic rings. The fraction of sp³-hybridized carbons (Fsp3) is 0.960. The van der Waals surface area contributed by atoms with E-state index in [0.29, 0.717) is 6.42 Å². The van der Waals surface area contributed by atoms with Gasteiger partial charge >= 0.3 is 0 Å². The Kier molecular flexibility index (Phi) is 25.4. The first-order valence-corrected chi connectivity index (χ1v) is 14.6. The third-order valence-corrected chi connectivity index (χ3v) is 5.98. The largest absolute Gasteiger partial charge is 0.391 e. The molecule has 9 heteroatoms. The second kappa shape index (κ2) is 24.2. The normalized spacial score (nSPS) is 11.8. The van der Waals surface area contributed by atoms with Crippen LogP contribution < -0.4 is 24.0 Å². The molecule has 34 heavy (non-hydrogen) atoms. The summed E-state index contributed by atoms with van der Waals surface area (Å²) in [5.74, 6) is 0.201. The highest BCUT2D eigenvalue weighted by atomic mass is 35.7. The van der Waals surface area contributed by atoms with Gasteiger partial charge in [-0.3, -0.25) is 4.79 Å². The maximum Gasteiger partial charge on any atom is 0.219 e. The van der Waals surface area contributed by atoms with Gasteiger partial charge in [0.25, 0.3) is 0 Å². The topological polar surface area (TPSA) is 142 Å². The number of aliphatic hydroxyl groups is 1. The number of aliphatic hydroxyl groups excluding tert-OH is 1. The summed E-state index contributed by atoms with van der Waals surface area (Å²) in [6.45, 7) is 5.01. The van der Waals surface area contributed by atoms with Crippen LogP contribution in [0.2, 0.25) is 0 Å². The molecule has 0 rings (SSSR count). The van der Waals surface area contributed by atoms with Gasteiger partial charge in [-0.15, -0.1) is 10.2 Å². The van der Waals surface area contributed by atoms with Crippen molar-refractivity contribution >= 4 is 5.91 Å². The summed E-state index contributed by atoms with van der Waals surface area (Å²) in [5, 5.41) is 12.1. The number of amides is 1. The van der Waals surface area contributed by atoms with E-state index >= 15 is 0 Å². The van der Waals surface area contributed by atoms with Gasteiger partial charge in [-0.25, -0.2) is 18.6 Å². The predicted molar refractivity (Wildman–Crippen MR) is 126 cm³/mol. The Morgan fingerprint density at radius 2 is 1.09 bits per heavy atom. The summed E-state index contributed by atoms with van der Waals surface area (Å²) >= 11 is 0. The van der Waals surface area contributed by atoms with Gasteiger partial charge < -0.3 is 14.9 Å². The second-order valence-electron chi connectivity index (χ2n) is 9.89. The fourth-order valence-corrected chi connectivity index (χ4v) is 3.86. The number of unbranched alkanes of at least 4 members (excludes halogenated alkanes) is 14. The van der Waals surface area contributed by atoms with Crippen LogP contribution in [-0.2, 0) is 4.79 Å². The highest BCUT2D eigenvalue weighted by Crippen LogP contribution is 2.13. The first kappa shape index (κ1) is 35.7. The Morgan fingerprint density at radius 1 is 0.706 bits per heavy atom. The van der Waals surface area contributed by atoms with Crippen molar-refractivity contribution in [3.05, 3.63) is 0 Å². The molecule has 0 aromatic carbocycles. The summed E-state index contributed by atoms with van der Waals surface area (Å²) < 4.78 is 34.8. The first-order valence-electron chi connectivity index (χ1n) is 13.3. The Bertz CT molecular complexity index is 442. The van der Waals surface area contributed by atoms with Gasteiger partial charge in [0.15, 0.2) is 0 Å². The minimum atomic E-state index is -4.94. The lowest BCUT2D eigenvalue weighted by Crippen LogP contribution is -2.68. The minimum Gasteiger partial charge on any atom is -0.391 e. The van der Waals surface area contributed by atoms with Crippen LogP contribution in [0.5, 0.6) is 0 Å². The van der Waals surface area contributed by atoms with E-state index in [1.165, 1.54) is 89.9 Å². The highest BCUT2D eigenvalue weighted by molar-refractivity contribution is 5.75. The zero-order chi connectivity index (χ0) is 26.1. The number of likely N-dealkylation sites (N-methyl/N-ethyl adjacent to an activating group) is 1. The number of halogens is 1. The van der Waals surface area contributed by atoms with E-state index in [0.717, 1.165) is 37.0 Å².